The van der Waals surface area contributed by atoms with E-state index in [1.165, 1.54) is 0 Å². The predicted molar refractivity (Wildman–Crippen MR) is 71.2 cm³/mol. The molecule has 0 fully saturated rings. The van der Waals surface area contributed by atoms with Gasteiger partial charge in [-0.2, -0.15) is 0 Å². The average molecular weight is 244 g/mol. The largest absolute Gasteiger partial charge is 0.394 e. The van der Waals surface area contributed by atoms with E-state index in [9.17, 15) is 4.79 Å². The highest BCUT2D eigenvalue weighted by Gasteiger charge is 1.99. The highest BCUT2D eigenvalue weighted by atomic mass is 16.5. The van der Waals surface area contributed by atoms with Gasteiger partial charge in [-0.25, -0.2) is 0 Å². The van der Waals surface area contributed by atoms with Crippen molar-refractivity contribution in [2.75, 3.05) is 12.3 Å². The number of pyridine rings is 1. The highest BCUT2D eigenvalue weighted by Crippen LogP contribution is 2.00. The summed E-state index contributed by atoms with van der Waals surface area (Å²) in [6, 6.07) is 13.3. The lowest BCUT2D eigenvalue weighted by molar-refractivity contribution is 0.112. The van der Waals surface area contributed by atoms with Gasteiger partial charge in [0.05, 0.1) is 18.9 Å². The van der Waals surface area contributed by atoms with E-state index >= 15 is 0 Å². The fourth-order valence-corrected chi connectivity index (χ4v) is 1.66. The first-order valence-corrected chi connectivity index (χ1v) is 5.84. The zero-order chi connectivity index (χ0) is 12.8. The molecule has 0 amide bonds. The van der Waals surface area contributed by atoms with Crippen LogP contribution in [0.2, 0.25) is 0 Å². The van der Waals surface area contributed by atoms with Gasteiger partial charge < -0.3 is 15.0 Å². The van der Waals surface area contributed by atoms with Gasteiger partial charge in [-0.3, -0.25) is 4.79 Å². The monoisotopic (exact) mass is 244 g/mol. The maximum absolute atomic E-state index is 11.6. The number of aromatic nitrogens is 1. The van der Waals surface area contributed by atoms with Gasteiger partial charge in [0.15, 0.2) is 0 Å². The Labute approximate surface area is 106 Å². The second kappa shape index (κ2) is 6.02. The molecule has 2 aromatic rings. The molecule has 1 heterocycles. The molecule has 0 spiro atoms. The third-order valence-electron chi connectivity index (χ3n) is 2.64. The fraction of sp³-hybridized carbons (Fsp3) is 0.214. The van der Waals surface area contributed by atoms with Crippen molar-refractivity contribution >= 4 is 5.69 Å². The van der Waals surface area contributed by atoms with Crippen LogP contribution >= 0.6 is 0 Å². The molecule has 0 aliphatic rings. The number of nitrogens with zero attached hydrogens (tertiary/aromatic N) is 1. The first-order chi connectivity index (χ1) is 8.77. The molecule has 0 aliphatic heterocycles. The molecular weight excluding hydrogens is 228 g/mol. The summed E-state index contributed by atoms with van der Waals surface area (Å²) in [6.45, 7) is 1.55. The summed E-state index contributed by atoms with van der Waals surface area (Å²) >= 11 is 0. The number of benzene rings is 1. The van der Waals surface area contributed by atoms with Crippen molar-refractivity contribution in [3.8, 4) is 0 Å². The van der Waals surface area contributed by atoms with E-state index < -0.39 is 0 Å². The number of ether oxygens (including phenoxy) is 1. The summed E-state index contributed by atoms with van der Waals surface area (Å²) in [7, 11) is 0. The number of anilines is 1. The lowest BCUT2D eigenvalue weighted by Gasteiger charge is -2.07. The summed E-state index contributed by atoms with van der Waals surface area (Å²) in [5, 5.41) is 0. The Kier molecular flexibility index (Phi) is 4.15. The van der Waals surface area contributed by atoms with E-state index in [2.05, 4.69) is 0 Å². The molecule has 1 aromatic carbocycles. The molecule has 1 aromatic heterocycles. The Morgan fingerprint density at radius 3 is 2.67 bits per heavy atom. The minimum Gasteiger partial charge on any atom is -0.394 e. The highest BCUT2D eigenvalue weighted by molar-refractivity contribution is 5.33. The lowest BCUT2D eigenvalue weighted by atomic mass is 10.2. The molecule has 2 N–H and O–H groups in total. The molecule has 0 saturated carbocycles. The summed E-state index contributed by atoms with van der Waals surface area (Å²) in [5.74, 6) is 0. The van der Waals surface area contributed by atoms with Crippen LogP contribution in [0.1, 0.15) is 5.56 Å². The van der Waals surface area contributed by atoms with Crippen LogP contribution in [0.15, 0.2) is 53.5 Å². The minimum atomic E-state index is -0.166. The van der Waals surface area contributed by atoms with Crippen LogP contribution in [0, 0.1) is 0 Å². The molecule has 0 atom stereocenters. The van der Waals surface area contributed by atoms with Crippen LogP contribution in [-0.4, -0.2) is 11.2 Å². The third-order valence-corrected chi connectivity index (χ3v) is 2.64. The molecule has 0 bridgehead atoms. The van der Waals surface area contributed by atoms with Crippen LogP contribution < -0.4 is 11.3 Å². The number of nitrogens with two attached hydrogens (primary N) is 1. The maximum Gasteiger partial charge on any atom is 0.273 e. The first kappa shape index (κ1) is 12.4. The van der Waals surface area contributed by atoms with Crippen molar-refractivity contribution in [2.24, 2.45) is 0 Å². The average Bonchev–Trinajstić information content (AvgIpc) is 2.40. The van der Waals surface area contributed by atoms with Gasteiger partial charge in [-0.1, -0.05) is 30.3 Å². The molecule has 0 radical (unpaired) electrons. The second-order valence-electron chi connectivity index (χ2n) is 4.00. The van der Waals surface area contributed by atoms with Crippen molar-refractivity contribution < 1.29 is 4.74 Å². The fourth-order valence-electron chi connectivity index (χ4n) is 1.66. The topological polar surface area (TPSA) is 57.2 Å². The molecule has 0 aliphatic carbocycles. The zero-order valence-electron chi connectivity index (χ0n) is 10.1. The molecule has 18 heavy (non-hydrogen) atoms. The van der Waals surface area contributed by atoms with E-state index in [-0.39, 0.29) is 11.2 Å². The van der Waals surface area contributed by atoms with Crippen LogP contribution in [0.5, 0.6) is 0 Å². The predicted octanol–water partition coefficient (Wildman–Crippen LogP) is 1.65. The number of nitrogen functional groups attached to an aromatic ring is 1. The van der Waals surface area contributed by atoms with Crippen LogP contribution in [0.25, 0.3) is 0 Å². The van der Waals surface area contributed by atoms with E-state index in [1.54, 1.807) is 22.9 Å². The quantitative estimate of drug-likeness (QED) is 0.813. The first-order valence-electron chi connectivity index (χ1n) is 5.84. The van der Waals surface area contributed by atoms with Crippen molar-refractivity contribution in [1.82, 2.24) is 4.57 Å². The number of hydrogen-bond donors (Lipinski definition) is 1. The third kappa shape index (κ3) is 3.21. The van der Waals surface area contributed by atoms with E-state index in [0.29, 0.717) is 19.8 Å². The molecule has 4 heteroatoms. The Bertz CT molecular complexity index is 549. The van der Waals surface area contributed by atoms with Crippen LogP contribution in [0.4, 0.5) is 5.69 Å². The Balaban J connectivity index is 1.82. The Morgan fingerprint density at radius 2 is 1.89 bits per heavy atom. The van der Waals surface area contributed by atoms with Gasteiger partial charge in [-0.05, 0) is 17.7 Å². The Hall–Kier alpha value is -2.07. The summed E-state index contributed by atoms with van der Waals surface area (Å²) in [4.78, 5) is 11.6. The van der Waals surface area contributed by atoms with E-state index in [0.717, 1.165) is 5.56 Å². The second-order valence-corrected chi connectivity index (χ2v) is 4.00. The smallest absolute Gasteiger partial charge is 0.273 e. The molecule has 4 nitrogen and oxygen atoms in total. The van der Waals surface area contributed by atoms with Gasteiger partial charge in [0, 0.05) is 12.7 Å². The minimum absolute atomic E-state index is 0.166. The van der Waals surface area contributed by atoms with Gasteiger partial charge in [-0.15, -0.1) is 0 Å². The maximum atomic E-state index is 11.6. The van der Waals surface area contributed by atoms with Crippen molar-refractivity contribution in [3.63, 3.8) is 0 Å². The zero-order valence-corrected chi connectivity index (χ0v) is 10.1. The van der Waals surface area contributed by atoms with Gasteiger partial charge in [0.25, 0.3) is 5.56 Å². The molecule has 2 rings (SSSR count). The van der Waals surface area contributed by atoms with E-state index in [4.69, 9.17) is 10.5 Å². The van der Waals surface area contributed by atoms with E-state index in [1.807, 2.05) is 30.3 Å². The van der Waals surface area contributed by atoms with Crippen LogP contribution in [0.3, 0.4) is 0 Å². The van der Waals surface area contributed by atoms with Crippen molar-refractivity contribution in [3.05, 3.63) is 64.6 Å². The molecule has 0 unspecified atom stereocenters. The van der Waals surface area contributed by atoms with Gasteiger partial charge in [0.1, 0.15) is 0 Å². The van der Waals surface area contributed by atoms with Gasteiger partial charge >= 0.3 is 0 Å². The number of hydrogen-bond acceptors (Lipinski definition) is 3. The Morgan fingerprint density at radius 1 is 1.11 bits per heavy atom. The summed E-state index contributed by atoms with van der Waals surface area (Å²) < 4.78 is 7.07. The summed E-state index contributed by atoms with van der Waals surface area (Å²) in [6.07, 6.45) is 1.71. The summed E-state index contributed by atoms with van der Waals surface area (Å²) in [5.41, 5.74) is 6.76. The van der Waals surface area contributed by atoms with Crippen LogP contribution in [-0.2, 0) is 17.9 Å². The SMILES string of the molecule is Nc1cccn(CCOCc2ccccc2)c1=O. The normalized spacial score (nSPS) is 10.4. The molecule has 94 valence electrons. The standard InChI is InChI=1S/C14H16N2O2/c15-13-7-4-8-16(14(13)17)9-10-18-11-12-5-2-1-3-6-12/h1-8H,9-11,15H2. The van der Waals surface area contributed by atoms with Gasteiger partial charge in [0.2, 0.25) is 0 Å². The van der Waals surface area contributed by atoms with Crippen molar-refractivity contribution in [1.29, 1.82) is 0 Å². The molecule has 0 saturated heterocycles. The number of rotatable bonds is 5. The lowest BCUT2D eigenvalue weighted by Crippen LogP contribution is -2.23. The van der Waals surface area contributed by atoms with Crippen molar-refractivity contribution in [2.45, 2.75) is 13.2 Å². The molecular formula is C14H16N2O2.